The highest BCUT2D eigenvalue weighted by Gasteiger charge is 2.35. The molecule has 0 bridgehead atoms. The van der Waals surface area contributed by atoms with Gasteiger partial charge in [0.25, 0.3) is 11.1 Å². The summed E-state index contributed by atoms with van der Waals surface area (Å²) in [5.41, 5.74) is 2.22. The monoisotopic (exact) mass is 626 g/mol. The zero-order valence-corrected chi connectivity index (χ0v) is 22.2. The molecule has 6 nitrogen and oxygen atoms in total. The van der Waals surface area contributed by atoms with Crippen molar-refractivity contribution in [2.45, 2.75) is 13.2 Å². The van der Waals surface area contributed by atoms with Crippen molar-refractivity contribution in [3.05, 3.63) is 90.1 Å². The summed E-state index contributed by atoms with van der Waals surface area (Å²) in [5, 5.41) is 0.434. The number of amides is 2. The molecular weight excluding hydrogens is 610 g/mol. The number of nitrogens with zero attached hydrogens (tertiary/aromatic N) is 2. The molecule has 0 radical (unpaired) electrons. The Kier molecular flexibility index (Phi) is 8.02. The molecule has 0 atom stereocenters. The fraction of sp³-hybridized carbons (Fsp3) is 0.125. The Labute approximate surface area is 224 Å². The van der Waals surface area contributed by atoms with E-state index in [9.17, 15) is 9.59 Å². The second-order valence-corrected chi connectivity index (χ2v) is 10.1. The molecule has 2 aromatic carbocycles. The lowest BCUT2D eigenvalue weighted by atomic mass is 10.1. The van der Waals surface area contributed by atoms with Crippen molar-refractivity contribution in [2.75, 3.05) is 7.11 Å². The first-order valence-electron chi connectivity index (χ1n) is 9.95. The molecule has 1 aliphatic rings. The summed E-state index contributed by atoms with van der Waals surface area (Å²) in [6, 6.07) is 14.3. The van der Waals surface area contributed by atoms with Crippen LogP contribution in [0.2, 0.25) is 10.0 Å². The van der Waals surface area contributed by atoms with Gasteiger partial charge in [-0.1, -0.05) is 35.3 Å². The first-order chi connectivity index (χ1) is 16.4. The van der Waals surface area contributed by atoms with Crippen molar-refractivity contribution in [1.29, 1.82) is 0 Å². The summed E-state index contributed by atoms with van der Waals surface area (Å²) >= 11 is 15.1. The van der Waals surface area contributed by atoms with E-state index in [2.05, 4.69) is 27.6 Å². The number of thioether (sulfide) groups is 1. The number of rotatable bonds is 7. The third-order valence-electron chi connectivity index (χ3n) is 4.84. The van der Waals surface area contributed by atoms with Crippen molar-refractivity contribution in [3.63, 3.8) is 0 Å². The second kappa shape index (κ2) is 11.0. The molecule has 0 spiro atoms. The number of aromatic nitrogens is 1. The lowest BCUT2D eigenvalue weighted by molar-refractivity contribution is -0.123. The van der Waals surface area contributed by atoms with E-state index in [1.165, 1.54) is 4.90 Å². The van der Waals surface area contributed by atoms with Gasteiger partial charge >= 0.3 is 0 Å². The number of ether oxygens (including phenoxy) is 2. The minimum absolute atomic E-state index is 0.111. The third-order valence-corrected chi connectivity index (χ3v) is 7.29. The molecule has 3 aromatic rings. The molecule has 2 amide bonds. The number of imide groups is 1. The van der Waals surface area contributed by atoms with Crippen LogP contribution in [0.5, 0.6) is 11.5 Å². The highest BCUT2D eigenvalue weighted by molar-refractivity contribution is 14.1. The molecule has 0 saturated carbocycles. The van der Waals surface area contributed by atoms with Crippen LogP contribution in [0.15, 0.2) is 59.6 Å². The third kappa shape index (κ3) is 5.68. The first-order valence-corrected chi connectivity index (χ1v) is 12.6. The maximum Gasteiger partial charge on any atom is 0.293 e. The number of hydrogen-bond donors (Lipinski definition) is 0. The van der Waals surface area contributed by atoms with Gasteiger partial charge in [-0.05, 0) is 88.0 Å². The van der Waals surface area contributed by atoms with Crippen LogP contribution in [0.3, 0.4) is 0 Å². The van der Waals surface area contributed by atoms with Crippen LogP contribution in [0.25, 0.3) is 6.08 Å². The molecule has 0 aliphatic carbocycles. The molecule has 34 heavy (non-hydrogen) atoms. The van der Waals surface area contributed by atoms with E-state index in [1.807, 2.05) is 24.3 Å². The highest BCUT2D eigenvalue weighted by atomic mass is 127. The van der Waals surface area contributed by atoms with E-state index in [1.54, 1.807) is 43.6 Å². The van der Waals surface area contributed by atoms with Gasteiger partial charge in [-0.15, -0.1) is 0 Å². The summed E-state index contributed by atoms with van der Waals surface area (Å²) in [6.45, 7) is 0.403. The summed E-state index contributed by atoms with van der Waals surface area (Å²) < 4.78 is 12.3. The predicted molar refractivity (Wildman–Crippen MR) is 142 cm³/mol. The maximum absolute atomic E-state index is 12.9. The fourth-order valence-corrected chi connectivity index (χ4v) is 5.14. The lowest BCUT2D eigenvalue weighted by Crippen LogP contribution is -2.27. The van der Waals surface area contributed by atoms with E-state index < -0.39 is 0 Å². The van der Waals surface area contributed by atoms with Gasteiger partial charge in [0.15, 0.2) is 11.5 Å². The van der Waals surface area contributed by atoms with Crippen molar-refractivity contribution in [1.82, 2.24) is 9.88 Å². The minimum atomic E-state index is -0.370. The van der Waals surface area contributed by atoms with Crippen LogP contribution in [-0.2, 0) is 17.9 Å². The van der Waals surface area contributed by atoms with Gasteiger partial charge in [0, 0.05) is 6.20 Å². The highest BCUT2D eigenvalue weighted by Crippen LogP contribution is 2.38. The number of benzene rings is 2. The molecule has 174 valence electrons. The minimum Gasteiger partial charge on any atom is -0.493 e. The van der Waals surface area contributed by atoms with E-state index in [0.29, 0.717) is 44.2 Å². The zero-order valence-electron chi connectivity index (χ0n) is 17.8. The van der Waals surface area contributed by atoms with Crippen LogP contribution in [-0.4, -0.2) is 28.1 Å². The maximum atomic E-state index is 12.9. The van der Waals surface area contributed by atoms with Gasteiger partial charge in [0.2, 0.25) is 0 Å². The number of halogens is 3. The van der Waals surface area contributed by atoms with E-state index in [0.717, 1.165) is 21.0 Å². The Morgan fingerprint density at radius 1 is 1.12 bits per heavy atom. The van der Waals surface area contributed by atoms with Gasteiger partial charge in [-0.25, -0.2) is 0 Å². The molecule has 0 N–H and O–H groups in total. The largest absolute Gasteiger partial charge is 0.493 e. The molecule has 1 fully saturated rings. The molecule has 2 heterocycles. The van der Waals surface area contributed by atoms with Crippen molar-refractivity contribution in [2.24, 2.45) is 0 Å². The average molecular weight is 627 g/mol. The van der Waals surface area contributed by atoms with Gasteiger partial charge < -0.3 is 9.47 Å². The van der Waals surface area contributed by atoms with Crippen LogP contribution in [0, 0.1) is 3.57 Å². The molecule has 4 rings (SSSR count). The quantitative estimate of drug-likeness (QED) is 0.212. The van der Waals surface area contributed by atoms with Gasteiger partial charge in [-0.2, -0.15) is 0 Å². The predicted octanol–water partition coefficient (Wildman–Crippen LogP) is 6.82. The molecule has 1 aromatic heterocycles. The molecular formula is C24H17Cl2IN2O4S. The molecule has 1 saturated heterocycles. The number of hydrogen-bond acceptors (Lipinski definition) is 6. The van der Waals surface area contributed by atoms with Crippen molar-refractivity contribution >= 4 is 74.8 Å². The second-order valence-electron chi connectivity index (χ2n) is 7.16. The standard InChI is InChI=1S/C24H17Cl2IN2O4S/c1-32-20-10-15(9-19(27)22(20)33-13-16-4-2-3-7-28-16)11-21-23(30)29(24(31)34-21)12-14-5-6-17(25)18(26)8-14/h2-11H,12-13H2,1H3/b21-11-. The van der Waals surface area contributed by atoms with Crippen LogP contribution < -0.4 is 9.47 Å². The first kappa shape index (κ1) is 24.8. The number of carbonyl (C=O) groups is 2. The van der Waals surface area contributed by atoms with Crippen molar-refractivity contribution in [3.8, 4) is 11.5 Å². The number of pyridine rings is 1. The van der Waals surface area contributed by atoms with E-state index >= 15 is 0 Å². The zero-order chi connectivity index (χ0) is 24.2. The Bertz CT molecular complexity index is 1290. The van der Waals surface area contributed by atoms with Gasteiger partial charge in [0.1, 0.15) is 6.61 Å². The topological polar surface area (TPSA) is 68.7 Å². The Hall–Kier alpha value is -2.27. The van der Waals surface area contributed by atoms with Crippen LogP contribution in [0.4, 0.5) is 4.79 Å². The molecule has 1 aliphatic heterocycles. The van der Waals surface area contributed by atoms with Gasteiger partial charge in [0.05, 0.1) is 37.9 Å². The summed E-state index contributed by atoms with van der Waals surface area (Å²) in [7, 11) is 1.55. The smallest absolute Gasteiger partial charge is 0.293 e. The van der Waals surface area contributed by atoms with Crippen LogP contribution in [0.1, 0.15) is 16.8 Å². The molecule has 0 unspecified atom stereocenters. The van der Waals surface area contributed by atoms with E-state index in [-0.39, 0.29) is 17.7 Å². The van der Waals surface area contributed by atoms with E-state index in [4.69, 9.17) is 32.7 Å². The SMILES string of the molecule is COc1cc(/C=C2\SC(=O)N(Cc3ccc(Cl)c(Cl)c3)C2=O)cc(I)c1OCc1ccccn1. The molecule has 10 heteroatoms. The Balaban J connectivity index is 1.53. The summed E-state index contributed by atoms with van der Waals surface area (Å²) in [5.74, 6) is 0.730. The number of carbonyl (C=O) groups excluding carboxylic acids is 2. The summed E-state index contributed by atoms with van der Waals surface area (Å²) in [4.78, 5) is 31.2. The fourth-order valence-electron chi connectivity index (χ4n) is 3.20. The van der Waals surface area contributed by atoms with Gasteiger partial charge in [-0.3, -0.25) is 19.5 Å². The average Bonchev–Trinajstić information content (AvgIpc) is 3.08. The number of methoxy groups -OCH3 is 1. The Morgan fingerprint density at radius 2 is 1.94 bits per heavy atom. The normalized spacial score (nSPS) is 14.7. The van der Waals surface area contributed by atoms with Crippen molar-refractivity contribution < 1.29 is 19.1 Å². The Morgan fingerprint density at radius 3 is 2.65 bits per heavy atom. The lowest BCUT2D eigenvalue weighted by Gasteiger charge is -2.14. The summed E-state index contributed by atoms with van der Waals surface area (Å²) in [6.07, 6.45) is 3.38. The van der Waals surface area contributed by atoms with Crippen LogP contribution >= 0.6 is 57.6 Å².